The van der Waals surface area contributed by atoms with Crippen LogP contribution in [0.15, 0.2) is 36.5 Å². The molecule has 112 valence electrons. The third kappa shape index (κ3) is 4.36. The lowest BCUT2D eigenvalue weighted by Crippen LogP contribution is -2.11. The number of pyridine rings is 1. The van der Waals surface area contributed by atoms with E-state index in [2.05, 4.69) is 11.9 Å². The Morgan fingerprint density at radius 2 is 2.05 bits per heavy atom. The Morgan fingerprint density at radius 1 is 1.24 bits per heavy atom. The molecule has 1 aromatic carbocycles. The number of rotatable bonds is 8. The van der Waals surface area contributed by atoms with Gasteiger partial charge in [-0.15, -0.1) is 0 Å². The highest BCUT2D eigenvalue weighted by molar-refractivity contribution is 5.98. The first-order valence-electron chi connectivity index (χ1n) is 7.82. The van der Waals surface area contributed by atoms with Gasteiger partial charge in [0.1, 0.15) is 0 Å². The topological polar surface area (TPSA) is 56.0 Å². The summed E-state index contributed by atoms with van der Waals surface area (Å²) in [6.45, 7) is 2.88. The number of carbonyl (C=O) groups excluding carboxylic acids is 1. The van der Waals surface area contributed by atoms with E-state index in [9.17, 15) is 4.79 Å². The quantitative estimate of drug-likeness (QED) is 0.746. The van der Waals surface area contributed by atoms with Crippen molar-refractivity contribution < 1.29 is 4.79 Å². The number of carbonyl (C=O) groups is 1. The zero-order chi connectivity index (χ0) is 15.1. The summed E-state index contributed by atoms with van der Waals surface area (Å²) in [7, 11) is 0. The number of hydrogen-bond donors (Lipinski definition) is 1. The summed E-state index contributed by atoms with van der Waals surface area (Å²) < 4.78 is 0. The molecule has 2 aromatic rings. The molecule has 0 radical (unpaired) electrons. The van der Waals surface area contributed by atoms with Crippen LogP contribution in [0.2, 0.25) is 0 Å². The highest BCUT2D eigenvalue weighted by Crippen LogP contribution is 2.20. The molecule has 3 nitrogen and oxygen atoms in total. The number of para-hydroxylation sites is 1. The first-order valence-corrected chi connectivity index (χ1v) is 7.82. The van der Waals surface area contributed by atoms with Crippen molar-refractivity contribution >= 4 is 16.7 Å². The molecule has 1 heterocycles. The van der Waals surface area contributed by atoms with Gasteiger partial charge in [0.25, 0.3) is 0 Å². The first kappa shape index (κ1) is 15.6. The van der Waals surface area contributed by atoms with E-state index >= 15 is 0 Å². The summed E-state index contributed by atoms with van der Waals surface area (Å²) in [5, 5.41) is 1.02. The Hall–Kier alpha value is -1.74. The van der Waals surface area contributed by atoms with Crippen LogP contribution in [0.4, 0.5) is 0 Å². The molecule has 1 unspecified atom stereocenters. The summed E-state index contributed by atoms with van der Waals surface area (Å²) in [6, 6.07) is 9.83. The van der Waals surface area contributed by atoms with Gasteiger partial charge in [0.2, 0.25) is 0 Å². The molecule has 0 aliphatic carbocycles. The highest BCUT2D eigenvalue weighted by Gasteiger charge is 2.12. The fourth-order valence-corrected chi connectivity index (χ4v) is 2.78. The van der Waals surface area contributed by atoms with Gasteiger partial charge < -0.3 is 5.73 Å². The molecular weight excluding hydrogens is 260 g/mol. The number of nitrogens with zero attached hydrogens (tertiary/aromatic N) is 1. The van der Waals surface area contributed by atoms with E-state index in [-0.39, 0.29) is 5.78 Å². The van der Waals surface area contributed by atoms with Crippen molar-refractivity contribution in [3.63, 3.8) is 0 Å². The van der Waals surface area contributed by atoms with Crippen LogP contribution in [0.5, 0.6) is 0 Å². The number of benzene rings is 1. The molecule has 3 heteroatoms. The van der Waals surface area contributed by atoms with Crippen molar-refractivity contribution in [2.45, 2.75) is 39.0 Å². The van der Waals surface area contributed by atoms with E-state index in [4.69, 9.17) is 5.73 Å². The van der Waals surface area contributed by atoms with Crippen molar-refractivity contribution in [3.8, 4) is 0 Å². The summed E-state index contributed by atoms with van der Waals surface area (Å²) in [6.07, 6.45) is 6.53. The molecule has 0 spiro atoms. The van der Waals surface area contributed by atoms with Crippen molar-refractivity contribution in [3.05, 3.63) is 42.1 Å². The van der Waals surface area contributed by atoms with Crippen LogP contribution in [0.1, 0.15) is 49.4 Å². The second kappa shape index (κ2) is 7.89. The minimum absolute atomic E-state index is 0.186. The minimum Gasteiger partial charge on any atom is -0.330 e. The smallest absolute Gasteiger partial charge is 0.164 e. The van der Waals surface area contributed by atoms with Gasteiger partial charge in [-0.25, -0.2) is 0 Å². The number of fused-ring (bicyclic) bond motifs is 1. The summed E-state index contributed by atoms with van der Waals surface area (Å²) in [4.78, 5) is 16.7. The highest BCUT2D eigenvalue weighted by atomic mass is 16.1. The van der Waals surface area contributed by atoms with E-state index in [0.29, 0.717) is 18.9 Å². The Labute approximate surface area is 126 Å². The molecule has 21 heavy (non-hydrogen) atoms. The average molecular weight is 284 g/mol. The molecule has 0 bridgehead atoms. The fraction of sp³-hybridized carbons (Fsp3) is 0.444. The minimum atomic E-state index is 0.186. The predicted octanol–water partition coefficient (Wildman–Crippen LogP) is 3.96. The summed E-state index contributed by atoms with van der Waals surface area (Å²) in [5.74, 6) is 0.753. The molecule has 0 saturated carbocycles. The van der Waals surface area contributed by atoms with Gasteiger partial charge in [-0.05, 0) is 37.4 Å². The van der Waals surface area contributed by atoms with Gasteiger partial charge in [0.15, 0.2) is 5.78 Å². The van der Waals surface area contributed by atoms with Crippen molar-refractivity contribution in [2.75, 3.05) is 6.54 Å². The first-order chi connectivity index (χ1) is 10.2. The molecule has 0 aliphatic rings. The van der Waals surface area contributed by atoms with Gasteiger partial charge in [0.05, 0.1) is 5.52 Å². The van der Waals surface area contributed by atoms with Gasteiger partial charge in [-0.2, -0.15) is 0 Å². The molecule has 0 fully saturated rings. The van der Waals surface area contributed by atoms with Crippen LogP contribution in [0, 0.1) is 5.92 Å². The van der Waals surface area contributed by atoms with E-state index in [1.165, 1.54) is 0 Å². The lowest BCUT2D eigenvalue weighted by atomic mass is 9.92. The predicted molar refractivity (Wildman–Crippen MR) is 87.4 cm³/mol. The van der Waals surface area contributed by atoms with E-state index < -0.39 is 0 Å². The van der Waals surface area contributed by atoms with Crippen LogP contribution < -0.4 is 5.73 Å². The fourth-order valence-electron chi connectivity index (χ4n) is 2.78. The molecule has 2 N–H and O–H groups in total. The maximum Gasteiger partial charge on any atom is 0.164 e. The molecule has 2 rings (SSSR count). The Balaban J connectivity index is 2.01. The Morgan fingerprint density at radius 3 is 2.81 bits per heavy atom. The van der Waals surface area contributed by atoms with Gasteiger partial charge in [-0.1, -0.05) is 38.0 Å². The van der Waals surface area contributed by atoms with Crippen molar-refractivity contribution in [1.29, 1.82) is 0 Å². The maximum absolute atomic E-state index is 12.3. The van der Waals surface area contributed by atoms with E-state index in [0.717, 1.165) is 42.1 Å². The number of nitrogens with two attached hydrogens (primary N) is 1. The summed E-state index contributed by atoms with van der Waals surface area (Å²) >= 11 is 0. The Bertz CT molecular complexity index is 589. The summed E-state index contributed by atoms with van der Waals surface area (Å²) in [5.41, 5.74) is 7.30. The van der Waals surface area contributed by atoms with Gasteiger partial charge >= 0.3 is 0 Å². The molecular formula is C18H24N2O. The molecule has 0 amide bonds. The molecule has 1 atom stereocenters. The van der Waals surface area contributed by atoms with E-state index in [1.807, 2.05) is 30.3 Å². The number of hydrogen-bond acceptors (Lipinski definition) is 3. The van der Waals surface area contributed by atoms with Crippen LogP contribution in [-0.2, 0) is 0 Å². The lowest BCUT2D eigenvalue weighted by Gasteiger charge is -2.14. The standard InChI is InChI=1S/C18H24N2O/c1-2-5-14(10-11-19)8-9-18(21)16-12-15-6-3-4-7-17(15)20-13-16/h3-4,6-7,12-14H,2,5,8-11,19H2,1H3. The lowest BCUT2D eigenvalue weighted by molar-refractivity contribution is 0.0972. The van der Waals surface area contributed by atoms with Crippen molar-refractivity contribution in [1.82, 2.24) is 4.98 Å². The third-order valence-electron chi connectivity index (χ3n) is 3.96. The zero-order valence-electron chi connectivity index (χ0n) is 12.7. The Kier molecular flexibility index (Phi) is 5.88. The van der Waals surface area contributed by atoms with Gasteiger partial charge in [-0.3, -0.25) is 9.78 Å². The molecule has 1 aromatic heterocycles. The van der Waals surface area contributed by atoms with Gasteiger partial charge in [0, 0.05) is 23.6 Å². The number of aromatic nitrogens is 1. The normalized spacial score (nSPS) is 12.5. The largest absolute Gasteiger partial charge is 0.330 e. The second-order valence-electron chi connectivity index (χ2n) is 5.61. The van der Waals surface area contributed by atoms with Crippen LogP contribution in [-0.4, -0.2) is 17.3 Å². The molecule has 0 saturated heterocycles. The van der Waals surface area contributed by atoms with Crippen LogP contribution in [0.3, 0.4) is 0 Å². The van der Waals surface area contributed by atoms with E-state index in [1.54, 1.807) is 6.20 Å². The SMILES string of the molecule is CCCC(CCN)CCC(=O)c1cnc2ccccc2c1. The number of ketones is 1. The maximum atomic E-state index is 12.3. The van der Waals surface area contributed by atoms with Crippen LogP contribution >= 0.6 is 0 Å². The van der Waals surface area contributed by atoms with Crippen LogP contribution in [0.25, 0.3) is 10.9 Å². The zero-order valence-corrected chi connectivity index (χ0v) is 12.7. The average Bonchev–Trinajstić information content (AvgIpc) is 2.52. The molecule has 0 aliphatic heterocycles. The second-order valence-corrected chi connectivity index (χ2v) is 5.61. The van der Waals surface area contributed by atoms with Crippen molar-refractivity contribution in [2.24, 2.45) is 11.7 Å². The third-order valence-corrected chi connectivity index (χ3v) is 3.96. The monoisotopic (exact) mass is 284 g/mol. The number of Topliss-reactive ketones (excluding diaryl/α,β-unsaturated/α-hetero) is 1.